The van der Waals surface area contributed by atoms with E-state index in [0.717, 1.165) is 52.1 Å². The van der Waals surface area contributed by atoms with E-state index in [4.69, 9.17) is 4.98 Å². The summed E-state index contributed by atoms with van der Waals surface area (Å²) in [6.07, 6.45) is 0. The van der Waals surface area contributed by atoms with Crippen molar-refractivity contribution in [3.63, 3.8) is 0 Å². The lowest BCUT2D eigenvalue weighted by Crippen LogP contribution is -2.44. The van der Waals surface area contributed by atoms with Gasteiger partial charge >= 0.3 is 0 Å². The number of hydrogen-bond acceptors (Lipinski definition) is 6. The molecule has 8 heteroatoms. The molecule has 0 spiro atoms. The van der Waals surface area contributed by atoms with Gasteiger partial charge in [-0.2, -0.15) is 0 Å². The second-order valence-electron chi connectivity index (χ2n) is 6.76. The van der Waals surface area contributed by atoms with Crippen LogP contribution in [-0.4, -0.2) is 54.8 Å². The maximum absolute atomic E-state index is 12.9. The Morgan fingerprint density at radius 2 is 1.93 bits per heavy atom. The average Bonchev–Trinajstić information content (AvgIpc) is 3.11. The minimum Gasteiger partial charge on any atom is -0.345 e. The molecule has 1 amide bonds. The van der Waals surface area contributed by atoms with E-state index in [1.54, 1.807) is 23.5 Å². The SMILES string of the molecule is CN1CCN(c2nc3ccc(NC(=O)CSc4ccc(F)cc4)cc3s2)CC1. The molecule has 0 radical (unpaired) electrons. The maximum atomic E-state index is 12.9. The largest absolute Gasteiger partial charge is 0.345 e. The number of nitrogens with zero attached hydrogens (tertiary/aromatic N) is 3. The maximum Gasteiger partial charge on any atom is 0.234 e. The molecule has 1 aromatic heterocycles. The summed E-state index contributed by atoms with van der Waals surface area (Å²) in [5.74, 6) is -0.0843. The van der Waals surface area contributed by atoms with E-state index >= 15 is 0 Å². The van der Waals surface area contributed by atoms with Crippen molar-refractivity contribution in [3.8, 4) is 0 Å². The van der Waals surface area contributed by atoms with Gasteiger partial charge in [-0.3, -0.25) is 4.79 Å². The van der Waals surface area contributed by atoms with Crippen LogP contribution in [0.4, 0.5) is 15.2 Å². The van der Waals surface area contributed by atoms with Gasteiger partial charge in [0.1, 0.15) is 5.82 Å². The monoisotopic (exact) mass is 416 g/mol. The van der Waals surface area contributed by atoms with E-state index in [1.165, 1.54) is 23.9 Å². The second-order valence-corrected chi connectivity index (χ2v) is 8.82. The number of halogens is 1. The highest BCUT2D eigenvalue weighted by atomic mass is 32.2. The molecule has 146 valence electrons. The molecule has 1 aliphatic rings. The molecule has 1 N–H and O–H groups in total. The molecule has 1 aliphatic heterocycles. The molecule has 0 bridgehead atoms. The first-order chi connectivity index (χ1) is 13.6. The summed E-state index contributed by atoms with van der Waals surface area (Å²) in [7, 11) is 2.14. The number of anilines is 2. The van der Waals surface area contributed by atoms with Crippen molar-refractivity contribution in [2.24, 2.45) is 0 Å². The molecule has 0 aliphatic carbocycles. The highest BCUT2D eigenvalue weighted by Gasteiger charge is 2.17. The number of fused-ring (bicyclic) bond motifs is 1. The quantitative estimate of drug-likeness (QED) is 0.639. The van der Waals surface area contributed by atoms with Crippen LogP contribution >= 0.6 is 23.1 Å². The number of benzene rings is 2. The zero-order valence-electron chi connectivity index (χ0n) is 15.5. The molecule has 0 atom stereocenters. The van der Waals surface area contributed by atoms with E-state index in [-0.39, 0.29) is 17.5 Å². The van der Waals surface area contributed by atoms with Gasteiger partial charge in [-0.1, -0.05) is 11.3 Å². The number of thiazole rings is 1. The van der Waals surface area contributed by atoms with Gasteiger partial charge < -0.3 is 15.1 Å². The summed E-state index contributed by atoms with van der Waals surface area (Å²) < 4.78 is 14.0. The number of piperazine rings is 1. The van der Waals surface area contributed by atoms with Gasteiger partial charge in [-0.15, -0.1) is 11.8 Å². The minimum atomic E-state index is -0.275. The molecule has 28 heavy (non-hydrogen) atoms. The lowest BCUT2D eigenvalue weighted by Gasteiger charge is -2.31. The van der Waals surface area contributed by atoms with E-state index in [0.29, 0.717) is 0 Å². The van der Waals surface area contributed by atoms with E-state index < -0.39 is 0 Å². The molecule has 1 fully saturated rings. The van der Waals surface area contributed by atoms with Crippen LogP contribution in [0.1, 0.15) is 0 Å². The summed E-state index contributed by atoms with van der Waals surface area (Å²) >= 11 is 3.05. The number of amides is 1. The molecule has 4 rings (SSSR count). The topological polar surface area (TPSA) is 48.5 Å². The molecule has 2 heterocycles. The molecule has 0 unspecified atom stereocenters. The standard InChI is InChI=1S/C20H21FN4OS2/c1-24-8-10-25(11-9-24)20-23-17-7-4-15(12-18(17)28-20)22-19(26)13-27-16-5-2-14(21)3-6-16/h2-7,12H,8-11,13H2,1H3,(H,22,26). The Bertz CT molecular complexity index is 968. The van der Waals surface area contributed by atoms with Crippen molar-refractivity contribution in [3.05, 3.63) is 48.3 Å². The molecule has 5 nitrogen and oxygen atoms in total. The fraction of sp³-hybridized carbons (Fsp3) is 0.300. The summed E-state index contributed by atoms with van der Waals surface area (Å²) in [5.41, 5.74) is 1.73. The van der Waals surface area contributed by atoms with Gasteiger partial charge in [0.05, 0.1) is 16.0 Å². The fourth-order valence-corrected chi connectivity index (χ4v) is 4.75. The van der Waals surface area contributed by atoms with Gasteiger partial charge in [-0.25, -0.2) is 9.37 Å². The molecular weight excluding hydrogens is 395 g/mol. The van der Waals surface area contributed by atoms with Crippen molar-refractivity contribution in [2.45, 2.75) is 4.90 Å². The van der Waals surface area contributed by atoms with Gasteiger partial charge in [0.25, 0.3) is 0 Å². The number of carbonyl (C=O) groups is 1. The van der Waals surface area contributed by atoms with Gasteiger partial charge in [0.2, 0.25) is 5.91 Å². The Balaban J connectivity index is 1.38. The number of thioether (sulfide) groups is 1. The third kappa shape index (κ3) is 4.63. The normalized spacial score (nSPS) is 15.1. The Labute approximate surface area is 171 Å². The zero-order valence-corrected chi connectivity index (χ0v) is 17.2. The number of carbonyl (C=O) groups excluding carboxylic acids is 1. The first-order valence-electron chi connectivity index (χ1n) is 9.09. The first-order valence-corrected chi connectivity index (χ1v) is 10.9. The summed E-state index contributed by atoms with van der Waals surface area (Å²) in [5, 5.41) is 3.98. The third-order valence-corrected chi connectivity index (χ3v) is 6.71. The number of rotatable bonds is 5. The van der Waals surface area contributed by atoms with Crippen LogP contribution in [0.15, 0.2) is 47.4 Å². The molecule has 0 saturated carbocycles. The Kier molecular flexibility index (Phi) is 5.79. The van der Waals surface area contributed by atoms with E-state index in [9.17, 15) is 9.18 Å². The van der Waals surface area contributed by atoms with Crippen LogP contribution in [-0.2, 0) is 4.79 Å². The van der Waals surface area contributed by atoms with Crippen molar-refractivity contribution in [1.82, 2.24) is 9.88 Å². The van der Waals surface area contributed by atoms with Crippen LogP contribution in [0.2, 0.25) is 0 Å². The fourth-order valence-electron chi connectivity index (χ4n) is 3.00. The highest BCUT2D eigenvalue weighted by Crippen LogP contribution is 2.31. The molecule has 1 saturated heterocycles. The van der Waals surface area contributed by atoms with Gasteiger partial charge in [-0.05, 0) is 49.5 Å². The lowest BCUT2D eigenvalue weighted by atomic mass is 10.3. The molecule has 2 aromatic carbocycles. The lowest BCUT2D eigenvalue weighted by molar-refractivity contribution is -0.113. The van der Waals surface area contributed by atoms with Crippen molar-refractivity contribution in [2.75, 3.05) is 49.2 Å². The van der Waals surface area contributed by atoms with Crippen LogP contribution in [0.3, 0.4) is 0 Å². The molecular formula is C20H21FN4OS2. The summed E-state index contributed by atoms with van der Waals surface area (Å²) in [6.45, 7) is 4.06. The molecule has 3 aromatic rings. The Morgan fingerprint density at radius 3 is 2.68 bits per heavy atom. The van der Waals surface area contributed by atoms with Crippen LogP contribution in [0.5, 0.6) is 0 Å². The predicted octanol–water partition coefficient (Wildman–Crippen LogP) is 3.92. The van der Waals surface area contributed by atoms with Crippen molar-refractivity contribution in [1.29, 1.82) is 0 Å². The predicted molar refractivity (Wildman–Crippen MR) is 115 cm³/mol. The van der Waals surface area contributed by atoms with Crippen molar-refractivity contribution >= 4 is 50.0 Å². The van der Waals surface area contributed by atoms with Gasteiger partial charge in [0, 0.05) is 36.8 Å². The smallest absolute Gasteiger partial charge is 0.234 e. The highest BCUT2D eigenvalue weighted by molar-refractivity contribution is 8.00. The average molecular weight is 417 g/mol. The van der Waals surface area contributed by atoms with E-state index in [1.807, 2.05) is 18.2 Å². The van der Waals surface area contributed by atoms with Crippen LogP contribution < -0.4 is 10.2 Å². The minimum absolute atomic E-state index is 0.0857. The van der Waals surface area contributed by atoms with Crippen LogP contribution in [0, 0.1) is 5.82 Å². The summed E-state index contributed by atoms with van der Waals surface area (Å²) in [6, 6.07) is 12.0. The van der Waals surface area contributed by atoms with E-state index in [2.05, 4.69) is 22.2 Å². The summed E-state index contributed by atoms with van der Waals surface area (Å²) in [4.78, 5) is 22.5. The number of aromatic nitrogens is 1. The zero-order chi connectivity index (χ0) is 19.5. The second kappa shape index (κ2) is 8.46. The number of hydrogen-bond donors (Lipinski definition) is 1. The Morgan fingerprint density at radius 1 is 1.18 bits per heavy atom. The van der Waals surface area contributed by atoms with Crippen LogP contribution in [0.25, 0.3) is 10.2 Å². The number of nitrogens with one attached hydrogen (secondary N) is 1. The van der Waals surface area contributed by atoms with Gasteiger partial charge in [0.15, 0.2) is 5.13 Å². The number of likely N-dealkylation sites (N-methyl/N-ethyl adjacent to an activating group) is 1. The van der Waals surface area contributed by atoms with Crippen molar-refractivity contribution < 1.29 is 9.18 Å². The Hall–Kier alpha value is -2.16. The first kappa shape index (κ1) is 19.2. The third-order valence-electron chi connectivity index (χ3n) is 4.62.